The summed E-state index contributed by atoms with van der Waals surface area (Å²) in [6.45, 7) is 1.79. The first kappa shape index (κ1) is 14.0. The van der Waals surface area contributed by atoms with E-state index < -0.39 is 5.97 Å². The summed E-state index contributed by atoms with van der Waals surface area (Å²) >= 11 is 0. The van der Waals surface area contributed by atoms with Gasteiger partial charge in [0.05, 0.1) is 17.8 Å². The van der Waals surface area contributed by atoms with Gasteiger partial charge in [-0.2, -0.15) is 5.10 Å². The van der Waals surface area contributed by atoms with Gasteiger partial charge in [0.15, 0.2) is 5.65 Å². The van der Waals surface area contributed by atoms with E-state index in [0.717, 1.165) is 5.56 Å². The van der Waals surface area contributed by atoms with Gasteiger partial charge < -0.3 is 10.8 Å². The first-order valence-corrected chi connectivity index (χ1v) is 6.84. The summed E-state index contributed by atoms with van der Waals surface area (Å²) in [5.74, 6) is -0.558. The molecule has 1 atom stereocenters. The molecule has 3 aromatic rings. The molecule has 3 N–H and O–H groups in total. The predicted octanol–water partition coefficient (Wildman–Crippen LogP) is 2.11. The molecule has 0 spiro atoms. The Kier molecular flexibility index (Phi) is 3.46. The molecule has 0 radical (unpaired) electrons. The van der Waals surface area contributed by atoms with Crippen LogP contribution in [-0.2, 0) is 4.79 Å². The summed E-state index contributed by atoms with van der Waals surface area (Å²) in [4.78, 5) is 19.2. The molecule has 0 aliphatic rings. The van der Waals surface area contributed by atoms with Gasteiger partial charge in [-0.3, -0.25) is 4.79 Å². The molecule has 7 heteroatoms. The minimum Gasteiger partial charge on any atom is -0.481 e. The molecule has 0 amide bonds. The van der Waals surface area contributed by atoms with E-state index in [4.69, 9.17) is 10.8 Å². The lowest BCUT2D eigenvalue weighted by atomic mass is 10.1. The third-order valence-electron chi connectivity index (χ3n) is 3.45. The lowest BCUT2D eigenvalue weighted by Gasteiger charge is -2.09. The Morgan fingerprint density at radius 2 is 2.05 bits per heavy atom. The highest BCUT2D eigenvalue weighted by atomic mass is 16.4. The molecule has 2 aromatic heterocycles. The molecule has 2 heterocycles. The van der Waals surface area contributed by atoms with Gasteiger partial charge in [0, 0.05) is 5.56 Å². The minimum absolute atomic E-state index is 0.0467. The number of carboxylic acid groups (broad SMARTS) is 1. The Morgan fingerprint density at radius 3 is 2.73 bits per heavy atom. The topological polar surface area (TPSA) is 107 Å². The Bertz CT molecular complexity index is 829. The van der Waals surface area contributed by atoms with Gasteiger partial charge in [0.1, 0.15) is 17.8 Å². The third-order valence-corrected chi connectivity index (χ3v) is 3.45. The fourth-order valence-electron chi connectivity index (χ4n) is 2.44. The van der Waals surface area contributed by atoms with Crippen molar-refractivity contribution in [2.75, 3.05) is 5.73 Å². The molecule has 22 heavy (non-hydrogen) atoms. The normalized spacial score (nSPS) is 12.4. The van der Waals surface area contributed by atoms with Crippen LogP contribution in [0.1, 0.15) is 19.4 Å². The van der Waals surface area contributed by atoms with Crippen molar-refractivity contribution in [1.82, 2.24) is 19.7 Å². The highest BCUT2D eigenvalue weighted by molar-refractivity contribution is 5.98. The molecule has 0 aliphatic heterocycles. The molecule has 0 aliphatic carbocycles. The van der Waals surface area contributed by atoms with Crippen LogP contribution < -0.4 is 5.73 Å². The van der Waals surface area contributed by atoms with E-state index in [9.17, 15) is 4.79 Å². The number of aliphatic carboxylic acids is 1. The smallest absolute Gasteiger partial charge is 0.305 e. The van der Waals surface area contributed by atoms with Crippen LogP contribution >= 0.6 is 0 Å². The Balaban J connectivity index is 2.23. The predicted molar refractivity (Wildman–Crippen MR) is 82.1 cm³/mol. The second-order valence-corrected chi connectivity index (χ2v) is 5.06. The van der Waals surface area contributed by atoms with Crippen LogP contribution in [0.15, 0.2) is 36.7 Å². The fraction of sp³-hybridized carbons (Fsp3) is 0.200. The van der Waals surface area contributed by atoms with Gasteiger partial charge in [-0.1, -0.05) is 30.3 Å². The van der Waals surface area contributed by atoms with Crippen molar-refractivity contribution in [3.05, 3.63) is 36.7 Å². The van der Waals surface area contributed by atoms with Crippen LogP contribution in [0.4, 0.5) is 5.82 Å². The van der Waals surface area contributed by atoms with E-state index in [1.807, 2.05) is 30.3 Å². The largest absolute Gasteiger partial charge is 0.481 e. The number of nitrogens with two attached hydrogens (primary N) is 1. The number of rotatable bonds is 4. The van der Waals surface area contributed by atoms with Crippen LogP contribution in [-0.4, -0.2) is 30.8 Å². The minimum atomic E-state index is -0.889. The van der Waals surface area contributed by atoms with Crippen molar-refractivity contribution in [1.29, 1.82) is 0 Å². The van der Waals surface area contributed by atoms with E-state index in [2.05, 4.69) is 15.1 Å². The molecule has 0 saturated carbocycles. The molecule has 1 unspecified atom stereocenters. The summed E-state index contributed by atoms with van der Waals surface area (Å²) in [5.41, 5.74) is 8.07. The number of nitrogens with zero attached hydrogens (tertiary/aromatic N) is 4. The van der Waals surface area contributed by atoms with Gasteiger partial charge in [0.25, 0.3) is 0 Å². The van der Waals surface area contributed by atoms with E-state index in [-0.39, 0.29) is 12.5 Å². The average molecular weight is 297 g/mol. The zero-order valence-electron chi connectivity index (χ0n) is 12.0. The van der Waals surface area contributed by atoms with Crippen molar-refractivity contribution in [3.63, 3.8) is 0 Å². The lowest BCUT2D eigenvalue weighted by molar-refractivity contribution is -0.137. The second-order valence-electron chi connectivity index (χ2n) is 5.06. The maximum atomic E-state index is 11.0. The molecule has 0 bridgehead atoms. The second kappa shape index (κ2) is 5.44. The average Bonchev–Trinajstić information content (AvgIpc) is 2.88. The number of fused-ring (bicyclic) bond motifs is 1. The zero-order valence-corrected chi connectivity index (χ0v) is 12.0. The number of carboxylic acids is 1. The summed E-state index contributed by atoms with van der Waals surface area (Å²) in [6, 6.07) is 9.21. The number of hydrogen-bond donors (Lipinski definition) is 2. The van der Waals surface area contributed by atoms with Crippen LogP contribution in [0.2, 0.25) is 0 Å². The Hall–Kier alpha value is -2.96. The number of nitrogen functional groups attached to an aromatic ring is 1. The fourth-order valence-corrected chi connectivity index (χ4v) is 2.44. The number of anilines is 1. The van der Waals surface area contributed by atoms with E-state index >= 15 is 0 Å². The van der Waals surface area contributed by atoms with Crippen molar-refractivity contribution in [2.24, 2.45) is 0 Å². The zero-order chi connectivity index (χ0) is 15.7. The van der Waals surface area contributed by atoms with Crippen LogP contribution in [0.5, 0.6) is 0 Å². The molecule has 0 saturated heterocycles. The Labute approximate surface area is 126 Å². The van der Waals surface area contributed by atoms with Crippen molar-refractivity contribution < 1.29 is 9.90 Å². The van der Waals surface area contributed by atoms with Crippen LogP contribution in [0, 0.1) is 0 Å². The molecule has 7 nitrogen and oxygen atoms in total. The first-order chi connectivity index (χ1) is 10.6. The maximum absolute atomic E-state index is 11.0. The van der Waals surface area contributed by atoms with Gasteiger partial charge in [-0.05, 0) is 6.92 Å². The highest BCUT2D eigenvalue weighted by Gasteiger charge is 2.21. The number of hydrogen-bond acceptors (Lipinski definition) is 5. The monoisotopic (exact) mass is 297 g/mol. The van der Waals surface area contributed by atoms with Gasteiger partial charge >= 0.3 is 5.97 Å². The molecule has 0 fully saturated rings. The van der Waals surface area contributed by atoms with Crippen LogP contribution in [0.25, 0.3) is 22.3 Å². The first-order valence-electron chi connectivity index (χ1n) is 6.84. The lowest BCUT2D eigenvalue weighted by Crippen LogP contribution is -2.12. The standard InChI is InChI=1S/C15H15N5O2/c1-9(7-11(21)22)20-15-12(14(16)17-8-18-15)13(19-20)10-5-3-2-4-6-10/h2-6,8-9H,7H2,1H3,(H,21,22)(H2,16,17,18). The summed E-state index contributed by atoms with van der Waals surface area (Å²) in [5, 5.41) is 14.2. The summed E-state index contributed by atoms with van der Waals surface area (Å²) < 4.78 is 1.60. The van der Waals surface area contributed by atoms with E-state index in [0.29, 0.717) is 22.5 Å². The van der Waals surface area contributed by atoms with Crippen LogP contribution in [0.3, 0.4) is 0 Å². The number of carbonyl (C=O) groups is 1. The van der Waals surface area contributed by atoms with E-state index in [1.54, 1.807) is 11.6 Å². The maximum Gasteiger partial charge on any atom is 0.305 e. The van der Waals surface area contributed by atoms with Gasteiger partial charge in [-0.25, -0.2) is 14.6 Å². The molecule has 3 rings (SSSR count). The number of aromatic nitrogens is 4. The van der Waals surface area contributed by atoms with Gasteiger partial charge in [0.2, 0.25) is 0 Å². The number of benzene rings is 1. The molecular formula is C15H15N5O2. The summed E-state index contributed by atoms with van der Waals surface area (Å²) in [6.07, 6.45) is 1.31. The SMILES string of the molecule is CC(CC(=O)O)n1nc(-c2ccccc2)c2c(N)ncnc21. The van der Waals surface area contributed by atoms with Crippen molar-refractivity contribution in [2.45, 2.75) is 19.4 Å². The molecular weight excluding hydrogens is 282 g/mol. The Morgan fingerprint density at radius 1 is 1.32 bits per heavy atom. The molecule has 112 valence electrons. The van der Waals surface area contributed by atoms with Crippen molar-refractivity contribution >= 4 is 22.8 Å². The van der Waals surface area contributed by atoms with Gasteiger partial charge in [-0.15, -0.1) is 0 Å². The summed E-state index contributed by atoms with van der Waals surface area (Å²) in [7, 11) is 0. The van der Waals surface area contributed by atoms with E-state index in [1.165, 1.54) is 6.33 Å². The quantitative estimate of drug-likeness (QED) is 0.763. The third kappa shape index (κ3) is 2.37. The highest BCUT2D eigenvalue weighted by Crippen LogP contribution is 2.31. The van der Waals surface area contributed by atoms with Crippen molar-refractivity contribution in [3.8, 4) is 11.3 Å². The molecule has 1 aromatic carbocycles.